The number of rotatable bonds is 7. The number of fused-ring (bicyclic) bond motifs is 3. The second-order valence-electron chi connectivity index (χ2n) is 9.94. The molecule has 0 bridgehead atoms. The van der Waals surface area contributed by atoms with E-state index in [1.807, 2.05) is 36.4 Å². The van der Waals surface area contributed by atoms with Gasteiger partial charge in [-0.2, -0.15) is 0 Å². The first-order valence-electron chi connectivity index (χ1n) is 11.5. The fourth-order valence-electron chi connectivity index (χ4n) is 3.85. The number of aromatic nitrogens is 1. The van der Waals surface area contributed by atoms with E-state index in [1.165, 1.54) is 13.8 Å². The van der Waals surface area contributed by atoms with Crippen molar-refractivity contribution in [1.82, 2.24) is 4.98 Å². The van der Waals surface area contributed by atoms with Crippen LogP contribution < -0.4 is 5.73 Å². The van der Waals surface area contributed by atoms with Crippen LogP contribution in [0.15, 0.2) is 59.1 Å². The van der Waals surface area contributed by atoms with Crippen LogP contribution in [0.3, 0.4) is 0 Å². The second kappa shape index (κ2) is 9.73. The van der Waals surface area contributed by atoms with Crippen LogP contribution in [0.1, 0.15) is 57.4 Å². The molecule has 0 aliphatic heterocycles. The van der Waals surface area contributed by atoms with Crippen molar-refractivity contribution in [3.63, 3.8) is 0 Å². The molecule has 0 saturated carbocycles. The summed E-state index contributed by atoms with van der Waals surface area (Å²) in [5, 5.41) is 5.84. The molecule has 0 spiro atoms. The van der Waals surface area contributed by atoms with E-state index < -0.39 is 23.1 Å². The van der Waals surface area contributed by atoms with Crippen LogP contribution in [-0.2, 0) is 23.9 Å². The number of carbonyl (C=O) groups excluding carboxylic acids is 2. The lowest BCUT2D eigenvalue weighted by Crippen LogP contribution is -2.40. The van der Waals surface area contributed by atoms with E-state index in [0.717, 1.165) is 33.6 Å². The number of esters is 2. The first kappa shape index (κ1) is 25.4. The highest BCUT2D eigenvalue weighted by atomic mass is 32.1. The van der Waals surface area contributed by atoms with Gasteiger partial charge in [-0.05, 0) is 56.9 Å². The van der Waals surface area contributed by atoms with Crippen molar-refractivity contribution < 1.29 is 23.9 Å². The molecule has 2 N–H and O–H groups in total. The van der Waals surface area contributed by atoms with Gasteiger partial charge >= 0.3 is 11.9 Å². The fourth-order valence-corrected chi connectivity index (χ4v) is 4.40. The van der Waals surface area contributed by atoms with Crippen molar-refractivity contribution in [2.45, 2.75) is 51.7 Å². The van der Waals surface area contributed by atoms with Crippen LogP contribution in [0.5, 0.6) is 0 Å². The maximum Gasteiger partial charge on any atom is 0.362 e. The molecule has 0 amide bonds. The van der Waals surface area contributed by atoms with Gasteiger partial charge < -0.3 is 20.0 Å². The molecule has 1 aliphatic carbocycles. The third-order valence-electron chi connectivity index (χ3n) is 5.56. The van der Waals surface area contributed by atoms with Crippen LogP contribution in [0.2, 0.25) is 0 Å². The SMILES string of the molecule is CC(C)(C)OC(=O)C(C)(C)O/N=C(/C(=O)OCC1c2ccccc2-c2ccccc21)c1csc(N)n1. The Kier molecular flexibility index (Phi) is 6.86. The number of oxime groups is 1. The van der Waals surface area contributed by atoms with Gasteiger partial charge in [0.05, 0.1) is 0 Å². The summed E-state index contributed by atoms with van der Waals surface area (Å²) in [4.78, 5) is 35.5. The molecule has 8 nitrogen and oxygen atoms in total. The van der Waals surface area contributed by atoms with Gasteiger partial charge in [-0.1, -0.05) is 53.7 Å². The zero-order chi connectivity index (χ0) is 26.1. The average molecular weight is 508 g/mol. The summed E-state index contributed by atoms with van der Waals surface area (Å²) in [5.41, 5.74) is 8.06. The largest absolute Gasteiger partial charge is 0.460 e. The fraction of sp³-hybridized carbons (Fsp3) is 0.333. The highest BCUT2D eigenvalue weighted by Crippen LogP contribution is 2.44. The molecular weight excluding hydrogens is 478 g/mol. The Morgan fingerprint density at radius 3 is 2.11 bits per heavy atom. The van der Waals surface area contributed by atoms with E-state index in [4.69, 9.17) is 20.0 Å². The number of nitrogen functional groups attached to an aromatic ring is 1. The molecule has 188 valence electrons. The van der Waals surface area contributed by atoms with Crippen molar-refractivity contribution in [2.24, 2.45) is 5.16 Å². The number of benzene rings is 2. The topological polar surface area (TPSA) is 113 Å². The Hall–Kier alpha value is -3.72. The Balaban J connectivity index is 1.56. The summed E-state index contributed by atoms with van der Waals surface area (Å²) in [5.74, 6) is -1.48. The van der Waals surface area contributed by atoms with Crippen molar-refractivity contribution in [3.8, 4) is 11.1 Å². The summed E-state index contributed by atoms with van der Waals surface area (Å²) >= 11 is 1.15. The molecule has 9 heteroatoms. The van der Waals surface area contributed by atoms with E-state index in [9.17, 15) is 9.59 Å². The highest BCUT2D eigenvalue weighted by molar-refractivity contribution is 7.13. The lowest BCUT2D eigenvalue weighted by Gasteiger charge is -2.26. The molecule has 36 heavy (non-hydrogen) atoms. The molecule has 3 aromatic rings. The molecule has 1 aromatic heterocycles. The summed E-state index contributed by atoms with van der Waals surface area (Å²) < 4.78 is 11.1. The van der Waals surface area contributed by atoms with Gasteiger partial charge in [0, 0.05) is 11.3 Å². The van der Waals surface area contributed by atoms with Crippen LogP contribution in [0.4, 0.5) is 5.13 Å². The Bertz CT molecular complexity index is 1280. The molecule has 0 unspecified atom stereocenters. The monoisotopic (exact) mass is 507 g/mol. The van der Waals surface area contributed by atoms with Gasteiger partial charge in [0.2, 0.25) is 11.3 Å². The number of nitrogens with zero attached hydrogens (tertiary/aromatic N) is 2. The molecule has 0 radical (unpaired) electrons. The molecule has 0 saturated heterocycles. The quantitative estimate of drug-likeness (QED) is 0.274. The van der Waals surface area contributed by atoms with Crippen molar-refractivity contribution in [2.75, 3.05) is 12.3 Å². The maximum absolute atomic E-state index is 13.2. The smallest absolute Gasteiger partial charge is 0.362 e. The van der Waals surface area contributed by atoms with Gasteiger partial charge in [0.25, 0.3) is 0 Å². The van der Waals surface area contributed by atoms with Crippen molar-refractivity contribution in [1.29, 1.82) is 0 Å². The normalized spacial score (nSPS) is 13.6. The number of nitrogens with two attached hydrogens (primary N) is 1. The van der Waals surface area contributed by atoms with Gasteiger partial charge in [0.15, 0.2) is 5.13 Å². The third-order valence-corrected chi connectivity index (χ3v) is 6.23. The second-order valence-corrected chi connectivity index (χ2v) is 10.8. The number of thiazole rings is 1. The molecule has 0 fully saturated rings. The van der Waals surface area contributed by atoms with E-state index in [0.29, 0.717) is 0 Å². The lowest BCUT2D eigenvalue weighted by molar-refractivity contribution is -0.179. The Morgan fingerprint density at radius 1 is 1.00 bits per heavy atom. The predicted octanol–water partition coefficient (Wildman–Crippen LogP) is 4.92. The summed E-state index contributed by atoms with van der Waals surface area (Å²) in [6.07, 6.45) is 0. The minimum Gasteiger partial charge on any atom is -0.460 e. The third kappa shape index (κ3) is 5.41. The molecule has 0 atom stereocenters. The number of ether oxygens (including phenoxy) is 2. The lowest BCUT2D eigenvalue weighted by atomic mass is 9.98. The molecule has 4 rings (SSSR count). The van der Waals surface area contributed by atoms with E-state index in [1.54, 1.807) is 26.2 Å². The van der Waals surface area contributed by atoms with Gasteiger partial charge in [-0.3, -0.25) is 0 Å². The van der Waals surface area contributed by atoms with Gasteiger partial charge in [0.1, 0.15) is 17.9 Å². The zero-order valence-corrected chi connectivity index (χ0v) is 21.7. The molecule has 1 aliphatic rings. The number of hydrogen-bond donors (Lipinski definition) is 1. The molecular formula is C27H29N3O5S. The van der Waals surface area contributed by atoms with Crippen LogP contribution in [0, 0.1) is 0 Å². The summed E-state index contributed by atoms with van der Waals surface area (Å²) in [6.45, 7) is 8.38. The number of hydrogen-bond acceptors (Lipinski definition) is 9. The first-order valence-corrected chi connectivity index (χ1v) is 12.4. The minimum absolute atomic E-state index is 0.0982. The molecule has 2 aromatic carbocycles. The number of anilines is 1. The average Bonchev–Trinajstić information content (AvgIpc) is 3.38. The first-order chi connectivity index (χ1) is 17.0. The summed E-state index contributed by atoms with van der Waals surface area (Å²) in [7, 11) is 0. The standard InChI is InChI=1S/C27H29N3O5S/c1-26(2,3)34-24(32)27(4,5)35-30-22(21-15-36-25(28)29-21)23(31)33-14-20-18-12-8-6-10-16(18)17-11-7-9-13-19(17)20/h6-13,15,20H,14H2,1-5H3,(H2,28,29)/b30-22+. The predicted molar refractivity (Wildman–Crippen MR) is 139 cm³/mol. The zero-order valence-electron chi connectivity index (χ0n) is 20.9. The van der Waals surface area contributed by atoms with Crippen LogP contribution in [-0.4, -0.2) is 40.4 Å². The van der Waals surface area contributed by atoms with Crippen LogP contribution in [0.25, 0.3) is 11.1 Å². The van der Waals surface area contributed by atoms with Crippen molar-refractivity contribution in [3.05, 3.63) is 70.7 Å². The van der Waals surface area contributed by atoms with E-state index in [-0.39, 0.29) is 29.1 Å². The highest BCUT2D eigenvalue weighted by Gasteiger charge is 2.36. The Morgan fingerprint density at radius 2 is 1.58 bits per heavy atom. The van der Waals surface area contributed by atoms with Gasteiger partial charge in [-0.25, -0.2) is 14.6 Å². The maximum atomic E-state index is 13.2. The number of carbonyl (C=O) groups is 2. The summed E-state index contributed by atoms with van der Waals surface area (Å²) in [6, 6.07) is 16.1. The van der Waals surface area contributed by atoms with Crippen molar-refractivity contribution >= 4 is 34.1 Å². The Labute approximate surface area is 214 Å². The van der Waals surface area contributed by atoms with Crippen LogP contribution >= 0.6 is 11.3 Å². The minimum atomic E-state index is -1.45. The van der Waals surface area contributed by atoms with E-state index in [2.05, 4.69) is 22.3 Å². The van der Waals surface area contributed by atoms with E-state index >= 15 is 0 Å². The molecule has 1 heterocycles. The van der Waals surface area contributed by atoms with Gasteiger partial charge in [-0.15, -0.1) is 11.3 Å².